The molecule has 4 heteroatoms. The normalized spacial score (nSPS) is 10.3. The SMILES string of the molecule is C=CCNC(=O)Cc1sc(-c2cccc(C)c2)nc1C. The zero-order chi connectivity index (χ0) is 14.5. The number of hydrogen-bond acceptors (Lipinski definition) is 3. The molecule has 20 heavy (non-hydrogen) atoms. The minimum absolute atomic E-state index is 0.00689. The second-order valence-electron chi connectivity index (χ2n) is 4.67. The molecule has 0 bridgehead atoms. The maximum atomic E-state index is 11.7. The molecule has 0 spiro atoms. The third-order valence-corrected chi connectivity index (χ3v) is 4.13. The monoisotopic (exact) mass is 286 g/mol. The van der Waals surface area contributed by atoms with Crippen molar-refractivity contribution in [3.8, 4) is 10.6 Å². The number of nitrogens with zero attached hydrogens (tertiary/aromatic N) is 1. The van der Waals surface area contributed by atoms with Crippen molar-refractivity contribution >= 4 is 17.2 Å². The van der Waals surface area contributed by atoms with E-state index in [1.165, 1.54) is 5.56 Å². The molecule has 0 unspecified atom stereocenters. The molecule has 0 aliphatic carbocycles. The van der Waals surface area contributed by atoms with Gasteiger partial charge in [-0.25, -0.2) is 4.98 Å². The summed E-state index contributed by atoms with van der Waals surface area (Å²) in [7, 11) is 0. The average Bonchev–Trinajstić information content (AvgIpc) is 2.78. The van der Waals surface area contributed by atoms with Gasteiger partial charge in [-0.1, -0.05) is 29.8 Å². The van der Waals surface area contributed by atoms with Crippen molar-refractivity contribution in [1.82, 2.24) is 10.3 Å². The van der Waals surface area contributed by atoms with E-state index in [2.05, 4.69) is 35.9 Å². The molecule has 1 aromatic carbocycles. The van der Waals surface area contributed by atoms with Gasteiger partial charge in [0.05, 0.1) is 12.1 Å². The zero-order valence-electron chi connectivity index (χ0n) is 11.8. The number of benzene rings is 1. The van der Waals surface area contributed by atoms with Gasteiger partial charge in [0.15, 0.2) is 0 Å². The van der Waals surface area contributed by atoms with Gasteiger partial charge in [0.1, 0.15) is 5.01 Å². The molecule has 0 aliphatic rings. The van der Waals surface area contributed by atoms with Crippen LogP contribution in [0.15, 0.2) is 36.9 Å². The Kier molecular flexibility index (Phi) is 4.69. The van der Waals surface area contributed by atoms with Crippen LogP contribution in [-0.2, 0) is 11.2 Å². The number of rotatable bonds is 5. The van der Waals surface area contributed by atoms with Gasteiger partial charge in [-0.3, -0.25) is 4.79 Å². The summed E-state index contributed by atoms with van der Waals surface area (Å²) in [6.45, 7) is 8.10. The Bertz CT molecular complexity index is 631. The maximum absolute atomic E-state index is 11.7. The fraction of sp³-hybridized carbons (Fsp3) is 0.250. The fourth-order valence-electron chi connectivity index (χ4n) is 1.89. The van der Waals surface area contributed by atoms with E-state index >= 15 is 0 Å². The number of hydrogen-bond donors (Lipinski definition) is 1. The summed E-state index contributed by atoms with van der Waals surface area (Å²) in [5, 5.41) is 3.76. The summed E-state index contributed by atoms with van der Waals surface area (Å²) < 4.78 is 0. The van der Waals surface area contributed by atoms with E-state index in [-0.39, 0.29) is 5.91 Å². The largest absolute Gasteiger partial charge is 0.352 e. The van der Waals surface area contributed by atoms with E-state index in [9.17, 15) is 4.79 Å². The molecule has 3 nitrogen and oxygen atoms in total. The van der Waals surface area contributed by atoms with Crippen LogP contribution in [0.25, 0.3) is 10.6 Å². The number of thiazole rings is 1. The lowest BCUT2D eigenvalue weighted by Crippen LogP contribution is -2.24. The lowest BCUT2D eigenvalue weighted by molar-refractivity contribution is -0.120. The molecule has 1 amide bonds. The highest BCUT2D eigenvalue weighted by Gasteiger charge is 2.12. The topological polar surface area (TPSA) is 42.0 Å². The lowest BCUT2D eigenvalue weighted by Gasteiger charge is -2.00. The Morgan fingerprint density at radius 2 is 2.25 bits per heavy atom. The number of aromatic nitrogens is 1. The van der Waals surface area contributed by atoms with Gasteiger partial charge in [0, 0.05) is 17.0 Å². The molecule has 2 aromatic rings. The van der Waals surface area contributed by atoms with Crippen LogP contribution in [0.5, 0.6) is 0 Å². The molecule has 1 N–H and O–H groups in total. The predicted molar refractivity (Wildman–Crippen MR) is 83.9 cm³/mol. The summed E-state index contributed by atoms with van der Waals surface area (Å²) in [5.74, 6) is 0.00689. The molecule has 104 valence electrons. The molecular weight excluding hydrogens is 268 g/mol. The number of carbonyl (C=O) groups excluding carboxylic acids is 1. The first-order valence-corrected chi connectivity index (χ1v) is 7.32. The van der Waals surface area contributed by atoms with Crippen LogP contribution in [0.1, 0.15) is 16.1 Å². The van der Waals surface area contributed by atoms with E-state index in [1.807, 2.05) is 19.1 Å². The van der Waals surface area contributed by atoms with Crippen molar-refractivity contribution in [3.05, 3.63) is 53.1 Å². The van der Waals surface area contributed by atoms with E-state index in [4.69, 9.17) is 0 Å². The smallest absolute Gasteiger partial charge is 0.225 e. The molecule has 2 rings (SSSR count). The van der Waals surface area contributed by atoms with Gasteiger partial charge >= 0.3 is 0 Å². The third-order valence-electron chi connectivity index (χ3n) is 2.92. The Hall–Kier alpha value is -1.94. The van der Waals surface area contributed by atoms with E-state index in [1.54, 1.807) is 17.4 Å². The average molecular weight is 286 g/mol. The summed E-state index contributed by atoms with van der Waals surface area (Å²) in [4.78, 5) is 17.3. The Balaban J connectivity index is 2.17. The summed E-state index contributed by atoms with van der Waals surface area (Å²) >= 11 is 1.59. The second-order valence-corrected chi connectivity index (χ2v) is 5.75. The molecule has 0 radical (unpaired) electrons. The molecule has 1 aromatic heterocycles. The zero-order valence-corrected chi connectivity index (χ0v) is 12.6. The van der Waals surface area contributed by atoms with Gasteiger partial charge in [-0.2, -0.15) is 0 Å². The summed E-state index contributed by atoms with van der Waals surface area (Å²) in [5.41, 5.74) is 3.25. The second kappa shape index (κ2) is 6.48. The van der Waals surface area contributed by atoms with Crippen LogP contribution in [-0.4, -0.2) is 17.4 Å². The van der Waals surface area contributed by atoms with Crippen molar-refractivity contribution in [2.45, 2.75) is 20.3 Å². The quantitative estimate of drug-likeness (QED) is 0.857. The first kappa shape index (κ1) is 14.5. The highest BCUT2D eigenvalue weighted by atomic mass is 32.1. The van der Waals surface area contributed by atoms with Crippen LogP contribution in [0, 0.1) is 13.8 Å². The van der Waals surface area contributed by atoms with E-state index in [0.717, 1.165) is 21.1 Å². The minimum atomic E-state index is 0.00689. The van der Waals surface area contributed by atoms with Gasteiger partial charge in [0.25, 0.3) is 0 Å². The van der Waals surface area contributed by atoms with Gasteiger partial charge < -0.3 is 5.32 Å². The van der Waals surface area contributed by atoms with Crippen molar-refractivity contribution in [2.75, 3.05) is 6.54 Å². The molecule has 0 aliphatic heterocycles. The highest BCUT2D eigenvalue weighted by Crippen LogP contribution is 2.28. The standard InChI is InChI=1S/C16H18N2OS/c1-4-8-17-15(19)10-14-12(3)18-16(20-14)13-7-5-6-11(2)9-13/h4-7,9H,1,8,10H2,2-3H3,(H,17,19). The van der Waals surface area contributed by atoms with Crippen LogP contribution >= 0.6 is 11.3 Å². The van der Waals surface area contributed by atoms with Gasteiger partial charge in [0.2, 0.25) is 5.91 Å². The lowest BCUT2D eigenvalue weighted by atomic mass is 10.1. The Morgan fingerprint density at radius 3 is 2.95 bits per heavy atom. The van der Waals surface area contributed by atoms with E-state index < -0.39 is 0 Å². The number of amides is 1. The summed E-state index contributed by atoms with van der Waals surface area (Å²) in [6, 6.07) is 8.25. The molecule has 1 heterocycles. The van der Waals surface area contributed by atoms with Gasteiger partial charge in [-0.15, -0.1) is 17.9 Å². The van der Waals surface area contributed by atoms with Crippen molar-refractivity contribution in [1.29, 1.82) is 0 Å². The Labute approximate surface area is 123 Å². The molecule has 0 atom stereocenters. The molecule has 0 saturated carbocycles. The van der Waals surface area contributed by atoms with Crippen LogP contribution in [0.3, 0.4) is 0 Å². The summed E-state index contributed by atoms with van der Waals surface area (Å²) in [6.07, 6.45) is 2.05. The molecular formula is C16H18N2OS. The van der Waals surface area contributed by atoms with Crippen molar-refractivity contribution in [3.63, 3.8) is 0 Å². The van der Waals surface area contributed by atoms with Gasteiger partial charge in [-0.05, 0) is 19.9 Å². The number of carbonyl (C=O) groups is 1. The third kappa shape index (κ3) is 3.54. The van der Waals surface area contributed by atoms with Crippen LogP contribution < -0.4 is 5.32 Å². The fourth-order valence-corrected chi connectivity index (χ4v) is 2.95. The predicted octanol–water partition coefficient (Wildman–Crippen LogP) is 3.27. The number of nitrogens with one attached hydrogen (secondary N) is 1. The first-order chi connectivity index (χ1) is 9.60. The van der Waals surface area contributed by atoms with Crippen molar-refractivity contribution in [2.24, 2.45) is 0 Å². The molecule has 0 fully saturated rings. The van der Waals surface area contributed by atoms with Crippen molar-refractivity contribution < 1.29 is 4.79 Å². The van der Waals surface area contributed by atoms with Crippen LogP contribution in [0.2, 0.25) is 0 Å². The first-order valence-electron chi connectivity index (χ1n) is 6.51. The molecule has 0 saturated heterocycles. The number of aryl methyl sites for hydroxylation is 2. The Morgan fingerprint density at radius 1 is 1.45 bits per heavy atom. The minimum Gasteiger partial charge on any atom is -0.352 e. The van der Waals surface area contributed by atoms with E-state index in [0.29, 0.717) is 13.0 Å². The van der Waals surface area contributed by atoms with Crippen LogP contribution in [0.4, 0.5) is 0 Å². The maximum Gasteiger partial charge on any atom is 0.225 e. The highest BCUT2D eigenvalue weighted by molar-refractivity contribution is 7.15.